The lowest BCUT2D eigenvalue weighted by molar-refractivity contribution is -0.178. The van der Waals surface area contributed by atoms with E-state index in [-0.39, 0.29) is 11.3 Å². The van der Waals surface area contributed by atoms with Gasteiger partial charge in [-0.2, -0.15) is 0 Å². The first-order valence-corrected chi connectivity index (χ1v) is 10.3. The van der Waals surface area contributed by atoms with E-state index in [0.717, 1.165) is 0 Å². The summed E-state index contributed by atoms with van der Waals surface area (Å²) in [4.78, 5) is 37.0. The highest BCUT2D eigenvalue weighted by molar-refractivity contribution is 14.1. The Morgan fingerprint density at radius 1 is 1.52 bits per heavy atom. The number of nitrogens with zero attached hydrogens (tertiary/aromatic N) is 1. The summed E-state index contributed by atoms with van der Waals surface area (Å²) < 4.78 is 4.84. The van der Waals surface area contributed by atoms with E-state index < -0.39 is 32.7 Å². The van der Waals surface area contributed by atoms with E-state index in [2.05, 4.69) is 27.9 Å². The average Bonchev–Trinajstić information content (AvgIpc) is 2.63. The minimum atomic E-state index is -1.64. The lowest BCUT2D eigenvalue weighted by Crippen LogP contribution is -2.76. The van der Waals surface area contributed by atoms with E-state index in [0.29, 0.717) is 10.8 Å². The molecule has 23 heavy (non-hydrogen) atoms. The zero-order valence-electron chi connectivity index (χ0n) is 12.1. The summed E-state index contributed by atoms with van der Waals surface area (Å²) in [6, 6.07) is 0. The third kappa shape index (κ3) is 3.14. The molecule has 0 aromatic rings. The first-order chi connectivity index (χ1) is 10.6. The van der Waals surface area contributed by atoms with E-state index in [1.165, 1.54) is 23.6 Å². The van der Waals surface area contributed by atoms with Crippen molar-refractivity contribution in [2.45, 2.75) is 46.5 Å². The summed E-state index contributed by atoms with van der Waals surface area (Å²) >= 11 is 20.6. The first kappa shape index (κ1) is 19.7. The molecule has 2 fully saturated rings. The van der Waals surface area contributed by atoms with Gasteiger partial charge >= 0.3 is 5.97 Å². The lowest BCUT2D eigenvalue weighted by Gasteiger charge is -2.47. The molecule has 0 spiro atoms. The summed E-state index contributed by atoms with van der Waals surface area (Å²) in [5, 5.41) is 2.43. The molecule has 130 valence electrons. The van der Waals surface area contributed by atoms with Crippen LogP contribution in [0, 0.1) is 0 Å². The van der Waals surface area contributed by atoms with Crippen molar-refractivity contribution in [2.24, 2.45) is 0 Å². The minimum absolute atomic E-state index is 0.196. The summed E-state index contributed by atoms with van der Waals surface area (Å²) in [5.74, 6) is -1.54. The van der Waals surface area contributed by atoms with Crippen LogP contribution in [0.1, 0.15) is 20.3 Å². The Morgan fingerprint density at radius 2 is 2.13 bits per heavy atom. The minimum Gasteiger partial charge on any atom is -0.440 e. The van der Waals surface area contributed by atoms with Gasteiger partial charge < -0.3 is 10.1 Å². The van der Waals surface area contributed by atoms with E-state index in [9.17, 15) is 14.4 Å². The molecule has 0 aliphatic carbocycles. The molecule has 2 aliphatic rings. The number of amides is 2. The maximum atomic E-state index is 12.9. The van der Waals surface area contributed by atoms with Gasteiger partial charge in [0, 0.05) is 11.4 Å². The fraction of sp³-hybridized carbons (Fsp3) is 0.750. The van der Waals surface area contributed by atoms with Crippen molar-refractivity contribution in [3.63, 3.8) is 0 Å². The molecule has 1 N–H and O–H groups in total. The van der Waals surface area contributed by atoms with Crippen LogP contribution in [0.2, 0.25) is 0 Å². The van der Waals surface area contributed by atoms with Crippen LogP contribution in [-0.4, -0.2) is 53.3 Å². The van der Waals surface area contributed by atoms with Crippen molar-refractivity contribution < 1.29 is 19.1 Å². The smallest absolute Gasteiger partial charge is 0.356 e. The molecular formula is C12H14Cl3IN2O4S. The number of nitrogens with one attached hydrogen (secondary N) is 1. The molecule has 2 rings (SSSR count). The summed E-state index contributed by atoms with van der Waals surface area (Å²) in [6.45, 7) is 3.07. The number of carbonyl (C=O) groups is 3. The van der Waals surface area contributed by atoms with Crippen LogP contribution in [0.15, 0.2) is 0 Å². The Morgan fingerprint density at radius 3 is 2.57 bits per heavy atom. The number of ether oxygens (including phenoxy) is 1. The quantitative estimate of drug-likeness (QED) is 0.263. The van der Waals surface area contributed by atoms with E-state index in [1.54, 1.807) is 6.92 Å². The lowest BCUT2D eigenvalue weighted by atomic mass is 9.89. The van der Waals surface area contributed by atoms with Crippen LogP contribution >= 0.6 is 69.2 Å². The van der Waals surface area contributed by atoms with Crippen molar-refractivity contribution in [3.05, 3.63) is 0 Å². The van der Waals surface area contributed by atoms with Gasteiger partial charge in [0.15, 0.2) is 4.84 Å². The Hall–Kier alpha value is 0.360. The number of hydrogen-bond donors (Lipinski definition) is 1. The molecule has 0 aromatic carbocycles. The molecule has 6 nitrogen and oxygen atoms in total. The Bertz CT molecular complexity index is 554. The highest BCUT2D eigenvalue weighted by Crippen LogP contribution is 2.57. The predicted molar refractivity (Wildman–Crippen MR) is 97.9 cm³/mol. The third-order valence-electron chi connectivity index (χ3n) is 3.75. The molecule has 0 saturated carbocycles. The third-order valence-corrected chi connectivity index (χ3v) is 8.46. The standard InChI is InChI=1S/C12H14Cl3IN2O4S/c1-5(19)17-12(10(21)22-9(15)8(13)14)11(2,4-16)23-7-3-6(20)18(7)12/h7-9H,3-4H2,1-2H3,(H,17,19)/t7-,9?,11?,12?/m1/s1. The molecule has 0 aromatic heterocycles. The number of halogens is 4. The van der Waals surface area contributed by atoms with Crippen LogP contribution in [0.4, 0.5) is 0 Å². The number of rotatable bonds is 5. The van der Waals surface area contributed by atoms with Gasteiger partial charge in [0.05, 0.1) is 16.5 Å². The average molecular weight is 516 g/mol. The number of β-lactam (4-membered cyclic amide) rings is 1. The van der Waals surface area contributed by atoms with E-state index >= 15 is 0 Å². The molecule has 11 heteroatoms. The molecule has 4 atom stereocenters. The number of esters is 1. The molecule has 0 bridgehead atoms. The van der Waals surface area contributed by atoms with E-state index in [1.807, 2.05) is 0 Å². The number of fused-ring (bicyclic) bond motifs is 1. The fourth-order valence-electron chi connectivity index (χ4n) is 2.70. The van der Waals surface area contributed by atoms with Crippen molar-refractivity contribution in [2.75, 3.05) is 4.43 Å². The van der Waals surface area contributed by atoms with Crippen molar-refractivity contribution >= 4 is 86.9 Å². The molecule has 2 heterocycles. The van der Waals surface area contributed by atoms with Crippen LogP contribution in [0.3, 0.4) is 0 Å². The SMILES string of the molecule is CC(=O)NC1(C(=O)OC(Cl)C(Cl)Cl)N2C(=O)C[C@H]2SC1(C)CI. The maximum absolute atomic E-state index is 12.9. The number of carbonyl (C=O) groups excluding carboxylic acids is 3. The van der Waals surface area contributed by atoms with E-state index in [4.69, 9.17) is 39.5 Å². The van der Waals surface area contributed by atoms with Crippen molar-refractivity contribution in [3.8, 4) is 0 Å². The Kier molecular flexibility index (Phi) is 5.93. The van der Waals surface area contributed by atoms with Crippen molar-refractivity contribution in [1.82, 2.24) is 10.2 Å². The second kappa shape index (κ2) is 6.93. The fourth-order valence-corrected chi connectivity index (χ4v) is 5.65. The van der Waals surface area contributed by atoms with Gasteiger partial charge in [-0.25, -0.2) is 4.79 Å². The zero-order chi connectivity index (χ0) is 17.6. The summed E-state index contributed by atoms with van der Waals surface area (Å²) in [7, 11) is 0. The van der Waals surface area contributed by atoms with Gasteiger partial charge in [0.2, 0.25) is 23.0 Å². The van der Waals surface area contributed by atoms with Crippen LogP contribution < -0.4 is 5.32 Å². The maximum Gasteiger partial charge on any atom is 0.356 e. The van der Waals surface area contributed by atoms with Gasteiger partial charge in [-0.15, -0.1) is 11.8 Å². The Balaban J connectivity index is 2.46. The van der Waals surface area contributed by atoms with Gasteiger partial charge in [-0.1, -0.05) is 57.4 Å². The molecule has 2 saturated heterocycles. The highest BCUT2D eigenvalue weighted by Gasteiger charge is 2.72. The van der Waals surface area contributed by atoms with Crippen LogP contribution in [-0.2, 0) is 19.1 Å². The van der Waals surface area contributed by atoms with Crippen molar-refractivity contribution in [1.29, 1.82) is 0 Å². The van der Waals surface area contributed by atoms with Crippen LogP contribution in [0.25, 0.3) is 0 Å². The largest absolute Gasteiger partial charge is 0.440 e. The second-order valence-electron chi connectivity index (χ2n) is 5.39. The Labute approximate surface area is 166 Å². The van der Waals surface area contributed by atoms with Gasteiger partial charge in [0.1, 0.15) is 0 Å². The number of alkyl halides is 4. The second-order valence-corrected chi connectivity index (χ2v) is 9.42. The monoisotopic (exact) mass is 514 g/mol. The van der Waals surface area contributed by atoms with Gasteiger partial charge in [0.25, 0.3) is 0 Å². The summed E-state index contributed by atoms with van der Waals surface area (Å²) in [6.07, 6.45) is 0.309. The topological polar surface area (TPSA) is 75.7 Å². The first-order valence-electron chi connectivity index (χ1n) is 6.57. The molecule has 3 unspecified atom stereocenters. The number of thioether (sulfide) groups is 1. The summed E-state index contributed by atoms with van der Waals surface area (Å²) in [5.41, 5.74) is -2.93. The molecule has 0 radical (unpaired) electrons. The molecular weight excluding hydrogens is 501 g/mol. The predicted octanol–water partition coefficient (Wildman–Crippen LogP) is 2.23. The van der Waals surface area contributed by atoms with Gasteiger partial charge in [-0.3, -0.25) is 14.5 Å². The van der Waals surface area contributed by atoms with Crippen LogP contribution in [0.5, 0.6) is 0 Å². The van der Waals surface area contributed by atoms with Gasteiger partial charge in [-0.05, 0) is 6.92 Å². The molecule has 2 amide bonds. The number of hydrogen-bond acceptors (Lipinski definition) is 5. The highest BCUT2D eigenvalue weighted by atomic mass is 127. The normalized spacial score (nSPS) is 34.0. The molecule has 2 aliphatic heterocycles. The zero-order valence-corrected chi connectivity index (χ0v) is 17.4.